The molecule has 0 amide bonds. The minimum absolute atomic E-state index is 0.400. The Bertz CT molecular complexity index is 662. The third kappa shape index (κ3) is 4.39. The average Bonchev–Trinajstić information content (AvgIpc) is 2.55. The van der Waals surface area contributed by atoms with Gasteiger partial charge >= 0.3 is 0 Å². The van der Waals surface area contributed by atoms with E-state index < -0.39 is 0 Å². The molecule has 2 rings (SSSR count). The molecule has 0 unspecified atom stereocenters. The van der Waals surface area contributed by atoms with Gasteiger partial charge in [-0.2, -0.15) is 0 Å². The van der Waals surface area contributed by atoms with Gasteiger partial charge in [0.2, 0.25) is 0 Å². The Morgan fingerprint density at radius 3 is 2.35 bits per heavy atom. The third-order valence-electron chi connectivity index (χ3n) is 3.39. The number of ether oxygens (including phenoxy) is 3. The van der Waals surface area contributed by atoms with Crippen molar-refractivity contribution in [3.63, 3.8) is 0 Å². The Morgan fingerprint density at radius 2 is 1.70 bits per heavy atom. The van der Waals surface area contributed by atoms with Gasteiger partial charge in [-0.15, -0.1) is 0 Å². The molecule has 1 N–H and O–H groups in total. The van der Waals surface area contributed by atoms with Crippen LogP contribution in [0.4, 0.5) is 0 Å². The summed E-state index contributed by atoms with van der Waals surface area (Å²) in [5.41, 5.74) is 2.94. The first-order valence-corrected chi connectivity index (χ1v) is 7.33. The second-order valence-electron chi connectivity index (χ2n) is 5.07. The largest absolute Gasteiger partial charge is 0.493 e. The first-order chi connectivity index (χ1) is 11.2. The monoisotopic (exact) mass is 315 g/mol. The van der Waals surface area contributed by atoms with E-state index in [1.807, 2.05) is 32.0 Å². The van der Waals surface area contributed by atoms with E-state index >= 15 is 0 Å². The summed E-state index contributed by atoms with van der Waals surface area (Å²) in [5.74, 6) is 2.10. The molecule has 5 nitrogen and oxygen atoms in total. The van der Waals surface area contributed by atoms with Gasteiger partial charge in [-0.25, -0.2) is 0 Å². The fourth-order valence-corrected chi connectivity index (χ4v) is 2.27. The highest BCUT2D eigenvalue weighted by atomic mass is 16.5. The highest BCUT2D eigenvalue weighted by Crippen LogP contribution is 2.28. The van der Waals surface area contributed by atoms with Crippen LogP contribution in [0.5, 0.6) is 17.2 Å². The van der Waals surface area contributed by atoms with E-state index in [0.717, 1.165) is 22.4 Å². The van der Waals surface area contributed by atoms with Crippen molar-refractivity contribution in [2.75, 3.05) is 20.3 Å². The zero-order chi connectivity index (χ0) is 16.7. The number of benzene rings is 2. The maximum absolute atomic E-state index is 8.56. The summed E-state index contributed by atoms with van der Waals surface area (Å²) in [6, 6.07) is 11.3. The number of aryl methyl sites for hydroxylation is 2. The Hall–Kier alpha value is -2.69. The van der Waals surface area contributed by atoms with E-state index in [2.05, 4.69) is 5.16 Å². The Morgan fingerprint density at radius 1 is 1.00 bits per heavy atom. The number of para-hydroxylation sites is 1. The predicted molar refractivity (Wildman–Crippen MR) is 89.3 cm³/mol. The Kier molecular flexibility index (Phi) is 5.86. The van der Waals surface area contributed by atoms with Crippen LogP contribution in [0.25, 0.3) is 0 Å². The van der Waals surface area contributed by atoms with E-state index in [1.54, 1.807) is 25.3 Å². The molecule has 0 radical (unpaired) electrons. The van der Waals surface area contributed by atoms with Crippen LogP contribution in [0.2, 0.25) is 0 Å². The second-order valence-corrected chi connectivity index (χ2v) is 5.07. The molecule has 0 spiro atoms. The summed E-state index contributed by atoms with van der Waals surface area (Å²) in [6.45, 7) is 4.88. The van der Waals surface area contributed by atoms with Gasteiger partial charge in [0.15, 0.2) is 11.5 Å². The van der Waals surface area contributed by atoms with Crippen molar-refractivity contribution in [1.82, 2.24) is 0 Å². The number of hydrogen-bond acceptors (Lipinski definition) is 5. The smallest absolute Gasteiger partial charge is 0.161 e. The summed E-state index contributed by atoms with van der Waals surface area (Å²) in [5, 5.41) is 11.6. The second kappa shape index (κ2) is 8.08. The predicted octanol–water partition coefficient (Wildman–Crippen LogP) is 3.58. The molecule has 0 heterocycles. The van der Waals surface area contributed by atoms with Crippen LogP contribution in [0.15, 0.2) is 41.6 Å². The summed E-state index contributed by atoms with van der Waals surface area (Å²) < 4.78 is 16.8. The van der Waals surface area contributed by atoms with E-state index in [4.69, 9.17) is 19.4 Å². The topological polar surface area (TPSA) is 60.3 Å². The molecule has 5 heteroatoms. The van der Waals surface area contributed by atoms with Crippen LogP contribution in [0.3, 0.4) is 0 Å². The van der Waals surface area contributed by atoms with Gasteiger partial charge in [0.05, 0.1) is 13.3 Å². The molecule has 0 bridgehead atoms. The van der Waals surface area contributed by atoms with Crippen LogP contribution in [-0.2, 0) is 0 Å². The SMILES string of the molecule is COc1cc(C=NO)ccc1OCCOc1c(C)cccc1C. The van der Waals surface area contributed by atoms with E-state index in [-0.39, 0.29) is 0 Å². The Labute approximate surface area is 136 Å². The van der Waals surface area contributed by atoms with Gasteiger partial charge in [-0.3, -0.25) is 0 Å². The van der Waals surface area contributed by atoms with Crippen LogP contribution in [0, 0.1) is 13.8 Å². The fourth-order valence-electron chi connectivity index (χ4n) is 2.27. The van der Waals surface area contributed by atoms with E-state index in [9.17, 15) is 0 Å². The van der Waals surface area contributed by atoms with Crippen molar-refractivity contribution in [2.45, 2.75) is 13.8 Å². The fraction of sp³-hybridized carbons (Fsp3) is 0.278. The van der Waals surface area contributed by atoms with Gasteiger partial charge in [0.25, 0.3) is 0 Å². The minimum Gasteiger partial charge on any atom is -0.493 e. The molecule has 0 atom stereocenters. The van der Waals surface area contributed by atoms with Crippen molar-refractivity contribution < 1.29 is 19.4 Å². The number of oxime groups is 1. The molecule has 0 saturated heterocycles. The normalized spacial score (nSPS) is 10.7. The molecule has 0 aliphatic rings. The van der Waals surface area contributed by atoms with Crippen molar-refractivity contribution in [2.24, 2.45) is 5.16 Å². The van der Waals surface area contributed by atoms with Gasteiger partial charge in [0, 0.05) is 5.56 Å². The highest BCUT2D eigenvalue weighted by molar-refractivity contribution is 5.80. The minimum atomic E-state index is 0.400. The lowest BCUT2D eigenvalue weighted by Gasteiger charge is -2.14. The molecule has 0 aromatic heterocycles. The quantitative estimate of drug-likeness (QED) is 0.367. The van der Waals surface area contributed by atoms with Crippen LogP contribution in [0.1, 0.15) is 16.7 Å². The lowest BCUT2D eigenvalue weighted by molar-refractivity contribution is 0.210. The van der Waals surface area contributed by atoms with Crippen molar-refractivity contribution in [1.29, 1.82) is 0 Å². The lowest BCUT2D eigenvalue weighted by atomic mass is 10.1. The number of hydrogen-bond donors (Lipinski definition) is 1. The van der Waals surface area contributed by atoms with Crippen LogP contribution >= 0.6 is 0 Å². The van der Waals surface area contributed by atoms with Crippen molar-refractivity contribution in [3.05, 3.63) is 53.1 Å². The average molecular weight is 315 g/mol. The zero-order valence-electron chi connectivity index (χ0n) is 13.6. The molecule has 2 aromatic rings. The maximum Gasteiger partial charge on any atom is 0.161 e. The molecule has 0 fully saturated rings. The van der Waals surface area contributed by atoms with Gasteiger partial charge in [-0.1, -0.05) is 23.4 Å². The van der Waals surface area contributed by atoms with E-state index in [0.29, 0.717) is 24.7 Å². The lowest BCUT2D eigenvalue weighted by Crippen LogP contribution is -2.10. The van der Waals surface area contributed by atoms with Crippen molar-refractivity contribution in [3.8, 4) is 17.2 Å². The van der Waals surface area contributed by atoms with Gasteiger partial charge in [0.1, 0.15) is 19.0 Å². The number of nitrogens with zero attached hydrogens (tertiary/aromatic N) is 1. The molecule has 0 aliphatic heterocycles. The molecule has 122 valence electrons. The molecule has 2 aromatic carbocycles. The molecule has 0 aliphatic carbocycles. The first kappa shape index (κ1) is 16.7. The van der Waals surface area contributed by atoms with Gasteiger partial charge in [-0.05, 0) is 43.2 Å². The summed E-state index contributed by atoms with van der Waals surface area (Å²) in [6.07, 6.45) is 1.33. The molecular weight excluding hydrogens is 294 g/mol. The standard InChI is InChI=1S/C18H21NO4/c1-13-5-4-6-14(2)18(13)23-10-9-22-16-8-7-15(12-19-20)11-17(16)21-3/h4-8,11-12,20H,9-10H2,1-3H3. The van der Waals surface area contributed by atoms with Crippen LogP contribution in [-0.4, -0.2) is 31.7 Å². The van der Waals surface area contributed by atoms with Crippen LogP contribution < -0.4 is 14.2 Å². The van der Waals surface area contributed by atoms with Crippen molar-refractivity contribution >= 4 is 6.21 Å². The Balaban J connectivity index is 1.94. The van der Waals surface area contributed by atoms with E-state index in [1.165, 1.54) is 6.21 Å². The summed E-state index contributed by atoms with van der Waals surface area (Å²) in [7, 11) is 1.56. The summed E-state index contributed by atoms with van der Waals surface area (Å²) in [4.78, 5) is 0. The third-order valence-corrected chi connectivity index (χ3v) is 3.39. The maximum atomic E-state index is 8.56. The molecule has 23 heavy (non-hydrogen) atoms. The summed E-state index contributed by atoms with van der Waals surface area (Å²) >= 11 is 0. The number of methoxy groups -OCH3 is 1. The first-order valence-electron chi connectivity index (χ1n) is 7.33. The zero-order valence-corrected chi connectivity index (χ0v) is 13.6. The highest BCUT2D eigenvalue weighted by Gasteiger charge is 2.06. The molecule has 0 saturated carbocycles. The number of rotatable bonds is 7. The molecular formula is C18H21NO4. The van der Waals surface area contributed by atoms with Gasteiger partial charge < -0.3 is 19.4 Å².